The Labute approximate surface area is 165 Å². The first-order chi connectivity index (χ1) is 13.4. The fourth-order valence-corrected chi connectivity index (χ4v) is 3.55. The molecule has 1 aromatic carbocycles. The molecule has 2 N–H and O–H groups in total. The minimum atomic E-state index is -0.434. The molecule has 3 rings (SSSR count). The summed E-state index contributed by atoms with van der Waals surface area (Å²) < 4.78 is 5.43. The molecule has 2 aliphatic rings. The van der Waals surface area contributed by atoms with Crippen LogP contribution in [0.15, 0.2) is 18.2 Å². The van der Waals surface area contributed by atoms with E-state index in [4.69, 9.17) is 4.74 Å². The second-order valence-electron chi connectivity index (χ2n) is 8.05. The van der Waals surface area contributed by atoms with Gasteiger partial charge in [0, 0.05) is 43.3 Å². The van der Waals surface area contributed by atoms with Crippen LogP contribution in [0.2, 0.25) is 0 Å². The molecule has 8 heteroatoms. The number of nitro benzene ring substituents is 1. The Kier molecular flexibility index (Phi) is 6.85. The van der Waals surface area contributed by atoms with Crippen LogP contribution in [0.5, 0.6) is 0 Å². The SMILES string of the molecule is CC(C)CC(CNC(=O)c1ccc(NC2CC2)c([N+](=O)[O-])c1)N1CCOCC1. The van der Waals surface area contributed by atoms with Crippen LogP contribution in [0.4, 0.5) is 11.4 Å². The van der Waals surface area contributed by atoms with Gasteiger partial charge in [0.1, 0.15) is 5.69 Å². The van der Waals surface area contributed by atoms with Gasteiger partial charge in [-0.1, -0.05) is 13.8 Å². The van der Waals surface area contributed by atoms with Crippen molar-refractivity contribution in [2.75, 3.05) is 38.2 Å². The Morgan fingerprint density at radius 3 is 2.64 bits per heavy atom. The number of carbonyl (C=O) groups is 1. The van der Waals surface area contributed by atoms with E-state index in [1.807, 2.05) is 0 Å². The molecule has 1 aromatic rings. The molecule has 154 valence electrons. The maximum absolute atomic E-state index is 12.6. The summed E-state index contributed by atoms with van der Waals surface area (Å²) in [5.74, 6) is 0.238. The summed E-state index contributed by atoms with van der Waals surface area (Å²) in [6, 6.07) is 5.20. The molecule has 1 amide bonds. The molecule has 2 fully saturated rings. The van der Waals surface area contributed by atoms with Gasteiger partial charge in [0.15, 0.2) is 0 Å². The van der Waals surface area contributed by atoms with Gasteiger partial charge in [0.2, 0.25) is 0 Å². The van der Waals surface area contributed by atoms with Crippen LogP contribution in [0.3, 0.4) is 0 Å². The third kappa shape index (κ3) is 5.65. The lowest BCUT2D eigenvalue weighted by Gasteiger charge is -2.35. The van der Waals surface area contributed by atoms with E-state index in [0.29, 0.717) is 43.0 Å². The summed E-state index contributed by atoms with van der Waals surface area (Å²) >= 11 is 0. The van der Waals surface area contributed by atoms with Crippen LogP contribution in [0, 0.1) is 16.0 Å². The predicted octanol–water partition coefficient (Wildman–Crippen LogP) is 2.65. The van der Waals surface area contributed by atoms with E-state index in [9.17, 15) is 14.9 Å². The van der Waals surface area contributed by atoms with E-state index in [1.54, 1.807) is 12.1 Å². The molecule has 1 saturated heterocycles. The molecule has 1 atom stereocenters. The third-order valence-electron chi connectivity index (χ3n) is 5.20. The zero-order chi connectivity index (χ0) is 20.1. The number of amides is 1. The zero-order valence-corrected chi connectivity index (χ0v) is 16.6. The molecule has 1 aliphatic carbocycles. The first kappa shape index (κ1) is 20.5. The number of carbonyl (C=O) groups excluding carboxylic acids is 1. The molecule has 28 heavy (non-hydrogen) atoms. The Balaban J connectivity index is 1.64. The number of nitrogens with one attached hydrogen (secondary N) is 2. The Morgan fingerprint density at radius 1 is 1.32 bits per heavy atom. The van der Waals surface area contributed by atoms with E-state index >= 15 is 0 Å². The summed E-state index contributed by atoms with van der Waals surface area (Å²) in [7, 11) is 0. The second-order valence-corrected chi connectivity index (χ2v) is 8.05. The molecular weight excluding hydrogens is 360 g/mol. The van der Waals surface area contributed by atoms with Crippen LogP contribution in [-0.2, 0) is 4.74 Å². The number of nitrogens with zero attached hydrogens (tertiary/aromatic N) is 2. The molecule has 8 nitrogen and oxygen atoms in total. The first-order valence-corrected chi connectivity index (χ1v) is 10.1. The van der Waals surface area contributed by atoms with Crippen LogP contribution in [0.1, 0.15) is 43.5 Å². The van der Waals surface area contributed by atoms with Crippen molar-refractivity contribution in [2.24, 2.45) is 5.92 Å². The molecule has 0 spiro atoms. The number of hydrogen-bond acceptors (Lipinski definition) is 6. The molecular formula is C20H30N4O4. The number of benzene rings is 1. The summed E-state index contributed by atoms with van der Waals surface area (Å²) in [4.78, 5) is 26.0. The van der Waals surface area contributed by atoms with Crippen molar-refractivity contribution >= 4 is 17.3 Å². The van der Waals surface area contributed by atoms with Crippen molar-refractivity contribution in [1.82, 2.24) is 10.2 Å². The number of anilines is 1. The van der Waals surface area contributed by atoms with Gasteiger partial charge in [-0.3, -0.25) is 19.8 Å². The van der Waals surface area contributed by atoms with Gasteiger partial charge in [0.05, 0.1) is 18.1 Å². The monoisotopic (exact) mass is 390 g/mol. The lowest BCUT2D eigenvalue weighted by molar-refractivity contribution is -0.384. The average Bonchev–Trinajstić information content (AvgIpc) is 3.49. The van der Waals surface area contributed by atoms with Gasteiger partial charge in [-0.2, -0.15) is 0 Å². The molecule has 0 aromatic heterocycles. The van der Waals surface area contributed by atoms with Gasteiger partial charge in [0.25, 0.3) is 11.6 Å². The van der Waals surface area contributed by atoms with E-state index < -0.39 is 4.92 Å². The molecule has 1 heterocycles. The van der Waals surface area contributed by atoms with Crippen molar-refractivity contribution in [1.29, 1.82) is 0 Å². The van der Waals surface area contributed by atoms with Crippen LogP contribution >= 0.6 is 0 Å². The summed E-state index contributed by atoms with van der Waals surface area (Å²) in [6.07, 6.45) is 3.03. The number of nitro groups is 1. The zero-order valence-electron chi connectivity index (χ0n) is 16.6. The Bertz CT molecular complexity index is 699. The van der Waals surface area contributed by atoms with E-state index in [0.717, 1.165) is 32.4 Å². The fourth-order valence-electron chi connectivity index (χ4n) is 3.55. The van der Waals surface area contributed by atoms with Crippen molar-refractivity contribution < 1.29 is 14.5 Å². The third-order valence-corrected chi connectivity index (χ3v) is 5.20. The van der Waals surface area contributed by atoms with Crippen molar-refractivity contribution in [3.05, 3.63) is 33.9 Å². The van der Waals surface area contributed by atoms with Gasteiger partial charge in [-0.05, 0) is 37.3 Å². The van der Waals surface area contributed by atoms with Crippen molar-refractivity contribution in [3.8, 4) is 0 Å². The second kappa shape index (κ2) is 9.34. The van der Waals surface area contributed by atoms with Crippen molar-refractivity contribution in [2.45, 2.75) is 45.2 Å². The van der Waals surface area contributed by atoms with E-state index in [1.165, 1.54) is 6.07 Å². The number of morpholine rings is 1. The standard InChI is InChI=1S/C20H30N4O4/c1-14(2)11-17(23-7-9-28-10-8-23)13-21-20(25)15-3-6-18(22-16-4-5-16)19(12-15)24(26)27/h3,6,12,14,16-17,22H,4-5,7-11,13H2,1-2H3,(H,21,25). The highest BCUT2D eigenvalue weighted by atomic mass is 16.6. The number of ether oxygens (including phenoxy) is 1. The van der Waals surface area contributed by atoms with Gasteiger partial charge in [-0.25, -0.2) is 0 Å². The van der Waals surface area contributed by atoms with Gasteiger partial charge < -0.3 is 15.4 Å². The molecule has 0 radical (unpaired) electrons. The number of rotatable bonds is 9. The Morgan fingerprint density at radius 2 is 2.04 bits per heavy atom. The fraction of sp³-hybridized carbons (Fsp3) is 0.650. The minimum absolute atomic E-state index is 0.0496. The summed E-state index contributed by atoms with van der Waals surface area (Å²) in [5, 5.41) is 17.5. The molecule has 0 bridgehead atoms. The maximum atomic E-state index is 12.6. The largest absolute Gasteiger partial charge is 0.379 e. The molecule has 1 saturated carbocycles. The highest BCUT2D eigenvalue weighted by Gasteiger charge is 2.26. The predicted molar refractivity (Wildman–Crippen MR) is 108 cm³/mol. The average molecular weight is 390 g/mol. The minimum Gasteiger partial charge on any atom is -0.379 e. The highest BCUT2D eigenvalue weighted by Crippen LogP contribution is 2.31. The normalized spacial score (nSPS) is 18.7. The van der Waals surface area contributed by atoms with Crippen LogP contribution in [0.25, 0.3) is 0 Å². The maximum Gasteiger partial charge on any atom is 0.293 e. The smallest absolute Gasteiger partial charge is 0.293 e. The lowest BCUT2D eigenvalue weighted by Crippen LogP contribution is -2.49. The summed E-state index contributed by atoms with van der Waals surface area (Å²) in [5.41, 5.74) is 0.750. The number of hydrogen-bond donors (Lipinski definition) is 2. The first-order valence-electron chi connectivity index (χ1n) is 10.1. The van der Waals surface area contributed by atoms with Gasteiger partial charge >= 0.3 is 0 Å². The highest BCUT2D eigenvalue weighted by molar-refractivity contribution is 5.95. The lowest BCUT2D eigenvalue weighted by atomic mass is 10.0. The molecule has 1 unspecified atom stereocenters. The van der Waals surface area contributed by atoms with E-state index in [2.05, 4.69) is 29.4 Å². The molecule has 1 aliphatic heterocycles. The van der Waals surface area contributed by atoms with Gasteiger partial charge in [-0.15, -0.1) is 0 Å². The van der Waals surface area contributed by atoms with E-state index in [-0.39, 0.29) is 17.6 Å². The van der Waals surface area contributed by atoms with Crippen LogP contribution < -0.4 is 10.6 Å². The summed E-state index contributed by atoms with van der Waals surface area (Å²) in [6.45, 7) is 8.01. The Hall–Kier alpha value is -2.19. The van der Waals surface area contributed by atoms with Crippen LogP contribution in [-0.4, -0.2) is 60.7 Å². The quantitative estimate of drug-likeness (QED) is 0.497. The topological polar surface area (TPSA) is 96.7 Å². The van der Waals surface area contributed by atoms with Crippen molar-refractivity contribution in [3.63, 3.8) is 0 Å².